The molecule has 0 saturated heterocycles. The summed E-state index contributed by atoms with van der Waals surface area (Å²) < 4.78 is 0. The number of nitrogens with zero attached hydrogens (tertiary/aromatic N) is 2. The molecule has 0 N–H and O–H groups in total. The number of thiophene rings is 1. The van der Waals surface area contributed by atoms with Gasteiger partial charge in [0.25, 0.3) is 5.91 Å². The largest absolute Gasteiger partial charge is 0.331 e. The Morgan fingerprint density at radius 3 is 3.10 bits per heavy atom. The number of amides is 1. The van der Waals surface area contributed by atoms with Crippen LogP contribution in [0.25, 0.3) is 0 Å². The topological polar surface area (TPSA) is 33.2 Å². The molecule has 1 atom stereocenters. The lowest BCUT2D eigenvalue weighted by Crippen LogP contribution is -2.38. The van der Waals surface area contributed by atoms with E-state index in [2.05, 4.69) is 23.4 Å². The standard InChI is InChI=1S/C15H15ClN2OS/c1-9-7-13(16)12(8-17-9)15(19)18-5-3-14-11(10(18)2)4-6-20-14/h4,6-8,10H,3,5H2,1-2H3. The Kier molecular flexibility index (Phi) is 3.52. The summed E-state index contributed by atoms with van der Waals surface area (Å²) in [7, 11) is 0. The van der Waals surface area contributed by atoms with Crippen LogP contribution in [-0.4, -0.2) is 22.3 Å². The van der Waals surface area contributed by atoms with Crippen molar-refractivity contribution in [3.63, 3.8) is 0 Å². The van der Waals surface area contributed by atoms with Gasteiger partial charge in [-0.3, -0.25) is 9.78 Å². The molecule has 3 rings (SSSR count). The second kappa shape index (κ2) is 5.19. The summed E-state index contributed by atoms with van der Waals surface area (Å²) in [5.74, 6) is -0.0353. The number of aryl methyl sites for hydroxylation is 1. The fraction of sp³-hybridized carbons (Fsp3) is 0.333. The number of rotatable bonds is 1. The Morgan fingerprint density at radius 1 is 1.55 bits per heavy atom. The minimum Gasteiger partial charge on any atom is -0.331 e. The van der Waals surface area contributed by atoms with Crippen molar-refractivity contribution in [2.45, 2.75) is 26.3 Å². The van der Waals surface area contributed by atoms with Gasteiger partial charge in [0.1, 0.15) is 0 Å². The molecule has 5 heteroatoms. The van der Waals surface area contributed by atoms with Gasteiger partial charge in [0, 0.05) is 23.3 Å². The molecule has 3 nitrogen and oxygen atoms in total. The van der Waals surface area contributed by atoms with Gasteiger partial charge >= 0.3 is 0 Å². The van der Waals surface area contributed by atoms with Crippen LogP contribution in [0.1, 0.15) is 39.5 Å². The molecule has 2 aromatic rings. The average Bonchev–Trinajstić information content (AvgIpc) is 2.87. The van der Waals surface area contributed by atoms with E-state index in [1.165, 1.54) is 10.4 Å². The lowest BCUT2D eigenvalue weighted by Gasteiger charge is -2.33. The van der Waals surface area contributed by atoms with Gasteiger partial charge in [-0.25, -0.2) is 0 Å². The normalized spacial score (nSPS) is 17.9. The molecule has 0 fully saturated rings. The fourth-order valence-electron chi connectivity index (χ4n) is 2.63. The van der Waals surface area contributed by atoms with E-state index in [-0.39, 0.29) is 11.9 Å². The van der Waals surface area contributed by atoms with Gasteiger partial charge in [0.2, 0.25) is 0 Å². The predicted molar refractivity (Wildman–Crippen MR) is 81.5 cm³/mol. The van der Waals surface area contributed by atoms with Crippen LogP contribution in [0.15, 0.2) is 23.7 Å². The number of carbonyl (C=O) groups excluding carboxylic acids is 1. The number of halogens is 1. The quantitative estimate of drug-likeness (QED) is 0.801. The summed E-state index contributed by atoms with van der Waals surface area (Å²) >= 11 is 7.95. The summed E-state index contributed by atoms with van der Waals surface area (Å²) in [6.45, 7) is 4.66. The van der Waals surface area contributed by atoms with E-state index in [1.54, 1.807) is 23.6 Å². The van der Waals surface area contributed by atoms with Crippen LogP contribution in [0, 0.1) is 6.92 Å². The zero-order chi connectivity index (χ0) is 14.3. The van der Waals surface area contributed by atoms with Crippen molar-refractivity contribution in [2.24, 2.45) is 0 Å². The molecular formula is C15H15ClN2OS. The van der Waals surface area contributed by atoms with Gasteiger partial charge in [0.05, 0.1) is 16.6 Å². The first-order chi connectivity index (χ1) is 9.58. The second-order valence-corrected chi connectivity index (χ2v) is 6.44. The highest BCUT2D eigenvalue weighted by Gasteiger charge is 2.29. The zero-order valence-corrected chi connectivity index (χ0v) is 13.0. The second-order valence-electron chi connectivity index (χ2n) is 5.03. The predicted octanol–water partition coefficient (Wildman–Crippen LogP) is 3.86. The van der Waals surface area contributed by atoms with Crippen LogP contribution in [0.2, 0.25) is 5.02 Å². The molecule has 1 amide bonds. The minimum absolute atomic E-state index is 0.0353. The lowest BCUT2D eigenvalue weighted by molar-refractivity contribution is 0.0679. The molecule has 1 aliphatic heterocycles. The van der Waals surface area contributed by atoms with Crippen LogP contribution < -0.4 is 0 Å². The zero-order valence-electron chi connectivity index (χ0n) is 11.4. The summed E-state index contributed by atoms with van der Waals surface area (Å²) in [5.41, 5.74) is 2.56. The first kappa shape index (κ1) is 13.6. The highest BCUT2D eigenvalue weighted by atomic mass is 35.5. The molecule has 20 heavy (non-hydrogen) atoms. The van der Waals surface area contributed by atoms with Gasteiger partial charge in [-0.05, 0) is 43.3 Å². The van der Waals surface area contributed by atoms with Crippen molar-refractivity contribution in [1.29, 1.82) is 0 Å². The van der Waals surface area contributed by atoms with Crippen LogP contribution in [0.4, 0.5) is 0 Å². The van der Waals surface area contributed by atoms with Gasteiger partial charge in [-0.2, -0.15) is 0 Å². The first-order valence-corrected chi connectivity index (χ1v) is 7.83. The van der Waals surface area contributed by atoms with Gasteiger partial charge in [-0.1, -0.05) is 11.6 Å². The Labute approximate surface area is 127 Å². The monoisotopic (exact) mass is 306 g/mol. The van der Waals surface area contributed by atoms with E-state index in [0.717, 1.165) is 18.7 Å². The minimum atomic E-state index is -0.0353. The number of pyridine rings is 1. The fourth-order valence-corrected chi connectivity index (χ4v) is 3.88. The number of hydrogen-bond donors (Lipinski definition) is 0. The van der Waals surface area contributed by atoms with E-state index in [1.807, 2.05) is 11.8 Å². The van der Waals surface area contributed by atoms with Gasteiger partial charge in [0.15, 0.2) is 0 Å². The maximum Gasteiger partial charge on any atom is 0.257 e. The Morgan fingerprint density at radius 2 is 2.35 bits per heavy atom. The van der Waals surface area contributed by atoms with Crippen molar-refractivity contribution in [3.8, 4) is 0 Å². The highest BCUT2D eigenvalue weighted by Crippen LogP contribution is 2.34. The van der Waals surface area contributed by atoms with Crippen molar-refractivity contribution in [3.05, 3.63) is 50.4 Å². The Bertz CT molecular complexity index is 668. The van der Waals surface area contributed by atoms with Crippen molar-refractivity contribution >= 4 is 28.8 Å². The summed E-state index contributed by atoms with van der Waals surface area (Å²) in [6, 6.07) is 3.94. The summed E-state index contributed by atoms with van der Waals surface area (Å²) in [6.07, 6.45) is 2.50. The van der Waals surface area contributed by atoms with E-state index < -0.39 is 0 Å². The van der Waals surface area contributed by atoms with Crippen molar-refractivity contribution in [1.82, 2.24) is 9.88 Å². The van der Waals surface area contributed by atoms with Crippen LogP contribution in [-0.2, 0) is 6.42 Å². The SMILES string of the molecule is Cc1cc(Cl)c(C(=O)N2CCc3sccc3C2C)cn1. The highest BCUT2D eigenvalue weighted by molar-refractivity contribution is 7.10. The third-order valence-corrected chi connectivity index (χ3v) is 5.07. The molecule has 3 heterocycles. The van der Waals surface area contributed by atoms with E-state index in [4.69, 9.17) is 11.6 Å². The molecule has 0 aliphatic carbocycles. The smallest absolute Gasteiger partial charge is 0.257 e. The molecule has 104 valence electrons. The molecule has 0 saturated carbocycles. The molecule has 0 bridgehead atoms. The molecule has 1 aliphatic rings. The molecule has 0 aromatic carbocycles. The van der Waals surface area contributed by atoms with Crippen LogP contribution in [0.5, 0.6) is 0 Å². The molecule has 0 spiro atoms. The summed E-state index contributed by atoms with van der Waals surface area (Å²) in [5, 5.41) is 2.57. The molecule has 0 radical (unpaired) electrons. The number of aromatic nitrogens is 1. The van der Waals surface area contributed by atoms with Crippen LogP contribution in [0.3, 0.4) is 0 Å². The number of fused-ring (bicyclic) bond motifs is 1. The Balaban J connectivity index is 1.92. The number of hydrogen-bond acceptors (Lipinski definition) is 3. The van der Waals surface area contributed by atoms with Crippen LogP contribution >= 0.6 is 22.9 Å². The maximum atomic E-state index is 12.7. The van der Waals surface area contributed by atoms with Gasteiger partial charge in [-0.15, -0.1) is 11.3 Å². The average molecular weight is 307 g/mol. The van der Waals surface area contributed by atoms with E-state index >= 15 is 0 Å². The molecular weight excluding hydrogens is 292 g/mol. The van der Waals surface area contributed by atoms with Gasteiger partial charge < -0.3 is 4.90 Å². The van der Waals surface area contributed by atoms with E-state index in [9.17, 15) is 4.79 Å². The van der Waals surface area contributed by atoms with E-state index in [0.29, 0.717) is 10.6 Å². The molecule has 1 unspecified atom stereocenters. The first-order valence-electron chi connectivity index (χ1n) is 6.57. The third kappa shape index (κ3) is 2.23. The lowest BCUT2D eigenvalue weighted by atomic mass is 10.0. The summed E-state index contributed by atoms with van der Waals surface area (Å²) in [4.78, 5) is 20.1. The Hall–Kier alpha value is -1.39. The molecule has 2 aromatic heterocycles. The van der Waals surface area contributed by atoms with Crippen molar-refractivity contribution in [2.75, 3.05) is 6.54 Å². The third-order valence-electron chi connectivity index (χ3n) is 3.76. The van der Waals surface area contributed by atoms with Crippen molar-refractivity contribution < 1.29 is 4.79 Å². The number of carbonyl (C=O) groups is 1. The maximum absolute atomic E-state index is 12.7.